The Kier molecular flexibility index (Phi) is 28.9. The highest BCUT2D eigenvalue weighted by atomic mass is 16.8. The molecule has 9 heterocycles. The summed E-state index contributed by atoms with van der Waals surface area (Å²) in [6.07, 6.45) is -9.98. The van der Waals surface area contributed by atoms with Gasteiger partial charge in [-0.15, -0.1) is 0 Å². The first-order valence-electron chi connectivity index (χ1n) is 39.2. The largest absolute Gasteiger partial charge is 0.390 e. The predicted molar refractivity (Wildman–Crippen MR) is 367 cm³/mol. The van der Waals surface area contributed by atoms with Gasteiger partial charge in [0.1, 0.15) is 18.3 Å². The summed E-state index contributed by atoms with van der Waals surface area (Å²) >= 11 is 0. The molecular formula is C77H138O21. The van der Waals surface area contributed by atoms with Crippen LogP contribution in [0.4, 0.5) is 0 Å². The fourth-order valence-corrected chi connectivity index (χ4v) is 17.8. The minimum absolute atomic E-state index is 0.00920. The molecule has 0 radical (unpaired) electrons. The Balaban J connectivity index is 0.759. The van der Waals surface area contributed by atoms with Gasteiger partial charge in [0.25, 0.3) is 0 Å². The van der Waals surface area contributed by atoms with Gasteiger partial charge in [0.15, 0.2) is 50.3 Å². The summed E-state index contributed by atoms with van der Waals surface area (Å²) in [5.41, 5.74) is 0. The molecule has 21 unspecified atom stereocenters. The highest BCUT2D eigenvalue weighted by Gasteiger charge is 2.57. The quantitative estimate of drug-likeness (QED) is 0.0744. The zero-order valence-electron chi connectivity index (χ0n) is 64.7. The van der Waals surface area contributed by atoms with Crippen molar-refractivity contribution in [2.75, 3.05) is 0 Å². The number of hydrogen-bond acceptors (Lipinski definition) is 21. The third kappa shape index (κ3) is 16.6. The number of aliphatic hydroxyl groups excluding tert-OH is 4. The third-order valence-corrected chi connectivity index (χ3v) is 26.6. The second-order valence-corrected chi connectivity index (χ2v) is 32.6. The molecule has 45 atom stereocenters. The van der Waals surface area contributed by atoms with Crippen molar-refractivity contribution in [3.05, 3.63) is 0 Å². The molecule has 21 nitrogen and oxygen atoms in total. The van der Waals surface area contributed by atoms with Crippen molar-refractivity contribution < 1.29 is 101 Å². The lowest BCUT2D eigenvalue weighted by Crippen LogP contribution is -2.62. The third-order valence-electron chi connectivity index (χ3n) is 26.6. The van der Waals surface area contributed by atoms with Crippen LogP contribution in [0.1, 0.15) is 218 Å². The average Bonchev–Trinajstić information content (AvgIpc) is 0.779. The zero-order valence-corrected chi connectivity index (χ0v) is 64.7. The number of aliphatic hydroxyl groups is 4. The Morgan fingerprint density at radius 3 is 0.776 bits per heavy atom. The first-order valence-corrected chi connectivity index (χ1v) is 39.2. The normalized spacial score (nSPS) is 54.5. The van der Waals surface area contributed by atoms with Crippen LogP contribution in [-0.4, -0.2) is 205 Å². The number of rotatable bonds is 23. The lowest BCUT2D eigenvalue weighted by molar-refractivity contribution is -0.377. The highest BCUT2D eigenvalue weighted by molar-refractivity contribution is 4.99. The molecule has 9 fully saturated rings. The Hall–Kier alpha value is -0.840. The van der Waals surface area contributed by atoms with E-state index in [0.717, 1.165) is 6.42 Å². The molecule has 0 aromatic heterocycles. The van der Waals surface area contributed by atoms with E-state index in [2.05, 4.69) is 111 Å². The van der Waals surface area contributed by atoms with Gasteiger partial charge in [-0.3, -0.25) is 0 Å². The molecule has 0 aliphatic carbocycles. The lowest BCUT2D eigenvalue weighted by Gasteiger charge is -2.52. The molecule has 98 heavy (non-hydrogen) atoms. The van der Waals surface area contributed by atoms with Gasteiger partial charge in [-0.1, -0.05) is 152 Å². The van der Waals surface area contributed by atoms with Crippen LogP contribution in [0.15, 0.2) is 0 Å². The van der Waals surface area contributed by atoms with Crippen LogP contribution in [0, 0.1) is 88.8 Å². The molecule has 0 amide bonds. The van der Waals surface area contributed by atoms with Gasteiger partial charge < -0.3 is 101 Å². The van der Waals surface area contributed by atoms with Crippen molar-refractivity contribution >= 4 is 0 Å². The van der Waals surface area contributed by atoms with Gasteiger partial charge >= 0.3 is 0 Å². The molecule has 0 saturated carbocycles. The van der Waals surface area contributed by atoms with Gasteiger partial charge in [0.2, 0.25) is 0 Å². The van der Waals surface area contributed by atoms with Crippen molar-refractivity contribution in [3.63, 3.8) is 0 Å². The van der Waals surface area contributed by atoms with Crippen LogP contribution in [0.2, 0.25) is 0 Å². The van der Waals surface area contributed by atoms with Crippen molar-refractivity contribution in [3.8, 4) is 0 Å². The molecule has 9 aliphatic heterocycles. The van der Waals surface area contributed by atoms with Gasteiger partial charge in [0, 0.05) is 47.3 Å². The van der Waals surface area contributed by atoms with Crippen LogP contribution in [0.5, 0.6) is 0 Å². The maximum absolute atomic E-state index is 12.2. The van der Waals surface area contributed by atoms with E-state index in [9.17, 15) is 20.4 Å². The minimum atomic E-state index is -1.02. The Morgan fingerprint density at radius 2 is 0.418 bits per heavy atom. The second-order valence-electron chi connectivity index (χ2n) is 32.6. The van der Waals surface area contributed by atoms with E-state index in [-0.39, 0.29) is 138 Å². The topological polar surface area (TPSA) is 238 Å². The van der Waals surface area contributed by atoms with Crippen molar-refractivity contribution in [1.82, 2.24) is 0 Å². The van der Waals surface area contributed by atoms with Gasteiger partial charge in [-0.25, -0.2) is 0 Å². The summed E-state index contributed by atoms with van der Waals surface area (Å²) in [7, 11) is 0. The molecule has 9 rings (SSSR count). The summed E-state index contributed by atoms with van der Waals surface area (Å²) in [6, 6.07) is 0. The summed E-state index contributed by atoms with van der Waals surface area (Å²) in [5, 5.41) is 47.2. The molecule has 572 valence electrons. The zero-order chi connectivity index (χ0) is 72.0. The molecule has 9 aliphatic rings. The second kappa shape index (κ2) is 34.8. The average molecular weight is 1400 g/mol. The molecule has 9 saturated heterocycles. The molecule has 21 heteroatoms. The van der Waals surface area contributed by atoms with E-state index in [4.69, 9.17) is 80.5 Å². The van der Waals surface area contributed by atoms with E-state index < -0.39 is 123 Å². The lowest BCUT2D eigenvalue weighted by atomic mass is 9.80. The summed E-state index contributed by atoms with van der Waals surface area (Å²) in [4.78, 5) is 0. The van der Waals surface area contributed by atoms with Gasteiger partial charge in [-0.2, -0.15) is 0 Å². The Bertz CT molecular complexity index is 2380. The maximum Gasteiger partial charge on any atom is 0.184 e. The first-order chi connectivity index (χ1) is 46.4. The predicted octanol–water partition coefficient (Wildman–Crippen LogP) is 11.5. The monoisotopic (exact) mass is 1400 g/mol. The van der Waals surface area contributed by atoms with Crippen LogP contribution in [-0.2, 0) is 80.5 Å². The van der Waals surface area contributed by atoms with E-state index in [1.54, 1.807) is 0 Å². The highest BCUT2D eigenvalue weighted by Crippen LogP contribution is 2.47. The summed E-state index contributed by atoms with van der Waals surface area (Å²) in [5.74, 6) is -0.887. The van der Waals surface area contributed by atoms with E-state index in [1.807, 2.05) is 62.3 Å². The van der Waals surface area contributed by atoms with Crippen LogP contribution in [0.3, 0.4) is 0 Å². The van der Waals surface area contributed by atoms with Crippen molar-refractivity contribution in [2.45, 2.75) is 403 Å². The first kappa shape index (κ1) is 81.2. The van der Waals surface area contributed by atoms with E-state index in [1.165, 1.54) is 0 Å². The van der Waals surface area contributed by atoms with Gasteiger partial charge in [0.05, 0.1) is 116 Å². The molecule has 0 bridgehead atoms. The fourth-order valence-electron chi connectivity index (χ4n) is 17.8. The van der Waals surface area contributed by atoms with E-state index >= 15 is 0 Å². The molecule has 4 N–H and O–H groups in total. The van der Waals surface area contributed by atoms with Crippen molar-refractivity contribution in [2.24, 2.45) is 88.8 Å². The van der Waals surface area contributed by atoms with Crippen LogP contribution < -0.4 is 0 Å². The fraction of sp³-hybridized carbons (Fsp3) is 1.00. The molecular weight excluding hydrogens is 1260 g/mol. The standard InChI is InChI=1S/C77H138O21/c1-26-51-58(78)34(9)40(15)72(85-51)94-67-45(20)60(80)76(89-55(67)30-5)97-66-39(14)44(19)74(87-54(66)29-4)95-68-46(21)61(81)77(90-56(68)31-6)96-65-38(13)43(18)73(86-53(65)28-3)91-62-37(12)42(17)71(84-49(62)24)98-69-57(32-7)88-75(47(22)59(69)79)92-63-36(11)41(16)70(83-50(63)25)93-64-35(10)33(8)48(23)82-52(64)27-2/h33-81H,26-32H2,1-25H3/t33?,34-,35-,36?,37-,38-,39?,40?,41?,42?,43?,44?,45-,46?,47?,48-,49?,50+,51?,52?,53?,54?,55?,56?,57?,58+,59?,60?,61?,62+,63+,64+,65+,66+,67+,68+,69-,70-,71+,72+,73+,74-,75-,76+,77+/m1/s1. The maximum atomic E-state index is 12.2. The van der Waals surface area contributed by atoms with Gasteiger partial charge in [-0.05, 0) is 107 Å². The molecule has 0 aromatic carbocycles. The summed E-state index contributed by atoms with van der Waals surface area (Å²) < 4.78 is 115. The smallest absolute Gasteiger partial charge is 0.184 e. The SMILES string of the molecule is CCC1O[C@H](O[C@@H]2C(CC)O[C@@H](O[C@@H]3C(CC)O[C@@H](O[C@@H]4C(C)O[C@@H](O[C@@H]5C(CC)O[C@H](O[C@H]6C(C)C(C)[C@@H](O[C@@H]7C(CC)O[C@H](C)C(C)[C@H]7C)O[C@H]6C)C(C)C5O)C(C)[C@H]4C)C(C)[C@H]3C)C(O)C2C)C(C)C(C)[C@@H]1O[C@@H]1OC(CC)[C@@H](O[C@@H]2OC(CC)[C@@H](O)[C@H](C)C2C)[C@H](C)C1O. The summed E-state index contributed by atoms with van der Waals surface area (Å²) in [6.45, 7) is 52.5. The van der Waals surface area contributed by atoms with Crippen LogP contribution in [0.25, 0.3) is 0 Å². The molecule has 0 aromatic rings. The number of hydrogen-bond donors (Lipinski definition) is 4. The van der Waals surface area contributed by atoms with E-state index in [0.29, 0.717) is 50.4 Å². The van der Waals surface area contributed by atoms with Crippen LogP contribution >= 0.6 is 0 Å². The number of ether oxygens (including phenoxy) is 17. The Labute approximate surface area is 590 Å². The molecule has 0 spiro atoms. The Morgan fingerprint density at radius 1 is 0.184 bits per heavy atom. The minimum Gasteiger partial charge on any atom is -0.390 e. The van der Waals surface area contributed by atoms with Crippen molar-refractivity contribution in [1.29, 1.82) is 0 Å².